The molecule has 5 nitrogen and oxygen atoms in total. The Labute approximate surface area is 126 Å². The molecule has 0 bridgehead atoms. The molecule has 21 heavy (non-hydrogen) atoms. The van der Waals surface area contributed by atoms with Crippen molar-refractivity contribution in [2.24, 2.45) is 0 Å². The molecular formula is C15H14N4OS. The molecule has 0 atom stereocenters. The highest BCUT2D eigenvalue weighted by Gasteiger charge is 2.05. The van der Waals surface area contributed by atoms with E-state index in [1.807, 2.05) is 40.4 Å². The normalized spacial score (nSPS) is 10.5. The Balaban J connectivity index is 1.57. The number of aromatic nitrogens is 3. The molecule has 0 saturated carbocycles. The first-order chi connectivity index (χ1) is 10.3. The summed E-state index contributed by atoms with van der Waals surface area (Å²) in [5, 5.41) is 5.87. The average molecular weight is 298 g/mol. The topological polar surface area (TPSA) is 59.8 Å². The largest absolute Gasteiger partial charge is 0.352 e. The molecule has 0 fully saturated rings. The molecule has 1 N–H and O–H groups in total. The van der Waals surface area contributed by atoms with Gasteiger partial charge >= 0.3 is 0 Å². The van der Waals surface area contributed by atoms with Crippen LogP contribution in [0.15, 0.2) is 54.6 Å². The summed E-state index contributed by atoms with van der Waals surface area (Å²) in [7, 11) is 0. The standard InChI is InChI=1S/C15H14N4OS/c20-15(18-6-5-14-17-8-10-21-14)12-1-3-13(4-2-12)19-9-7-16-11-19/h1-4,7-11H,5-6H2,(H,18,20). The summed E-state index contributed by atoms with van der Waals surface area (Å²) in [6.07, 6.45) is 7.85. The number of imidazole rings is 1. The van der Waals surface area contributed by atoms with E-state index >= 15 is 0 Å². The number of carbonyl (C=O) groups is 1. The minimum atomic E-state index is -0.0660. The second-order valence-corrected chi connectivity index (χ2v) is 5.43. The molecular weight excluding hydrogens is 284 g/mol. The van der Waals surface area contributed by atoms with E-state index in [-0.39, 0.29) is 5.91 Å². The fourth-order valence-corrected chi connectivity index (χ4v) is 2.58. The molecule has 0 aliphatic carbocycles. The summed E-state index contributed by atoms with van der Waals surface area (Å²) in [4.78, 5) is 20.2. The van der Waals surface area contributed by atoms with Crippen LogP contribution >= 0.6 is 11.3 Å². The molecule has 0 spiro atoms. The molecule has 1 amide bonds. The molecule has 2 aromatic heterocycles. The molecule has 2 heterocycles. The fourth-order valence-electron chi connectivity index (χ4n) is 1.96. The smallest absolute Gasteiger partial charge is 0.251 e. The van der Waals surface area contributed by atoms with Gasteiger partial charge in [0.05, 0.1) is 11.3 Å². The lowest BCUT2D eigenvalue weighted by Gasteiger charge is -2.06. The van der Waals surface area contributed by atoms with Crippen molar-refractivity contribution in [2.75, 3.05) is 6.54 Å². The Kier molecular flexibility index (Phi) is 4.07. The van der Waals surface area contributed by atoms with Crippen molar-refractivity contribution < 1.29 is 4.79 Å². The van der Waals surface area contributed by atoms with E-state index in [4.69, 9.17) is 0 Å². The molecule has 0 saturated heterocycles. The number of amides is 1. The van der Waals surface area contributed by atoms with E-state index in [1.165, 1.54) is 0 Å². The van der Waals surface area contributed by atoms with Crippen molar-refractivity contribution >= 4 is 17.2 Å². The maximum Gasteiger partial charge on any atom is 0.251 e. The van der Waals surface area contributed by atoms with E-state index in [2.05, 4.69) is 15.3 Å². The van der Waals surface area contributed by atoms with Gasteiger partial charge in [-0.05, 0) is 24.3 Å². The highest BCUT2D eigenvalue weighted by molar-refractivity contribution is 7.09. The molecule has 1 aromatic carbocycles. The Bertz CT molecular complexity index is 690. The number of rotatable bonds is 5. The van der Waals surface area contributed by atoms with Crippen molar-refractivity contribution in [1.82, 2.24) is 19.9 Å². The lowest BCUT2D eigenvalue weighted by Crippen LogP contribution is -2.25. The van der Waals surface area contributed by atoms with Crippen LogP contribution in [0.4, 0.5) is 0 Å². The van der Waals surface area contributed by atoms with Gasteiger partial charge in [-0.3, -0.25) is 4.79 Å². The molecule has 6 heteroatoms. The lowest BCUT2D eigenvalue weighted by molar-refractivity contribution is 0.0954. The van der Waals surface area contributed by atoms with Crippen LogP contribution < -0.4 is 5.32 Å². The fraction of sp³-hybridized carbons (Fsp3) is 0.133. The Hall–Kier alpha value is -2.47. The van der Waals surface area contributed by atoms with Crippen LogP contribution in [0.25, 0.3) is 5.69 Å². The van der Waals surface area contributed by atoms with Crippen LogP contribution in [-0.2, 0) is 6.42 Å². The number of carbonyl (C=O) groups excluding carboxylic acids is 1. The van der Waals surface area contributed by atoms with Crippen molar-refractivity contribution in [1.29, 1.82) is 0 Å². The molecule has 0 radical (unpaired) electrons. The van der Waals surface area contributed by atoms with E-state index in [0.29, 0.717) is 12.1 Å². The third-order valence-electron chi connectivity index (χ3n) is 3.04. The first kappa shape index (κ1) is 13.5. The maximum absolute atomic E-state index is 12.0. The van der Waals surface area contributed by atoms with Gasteiger partial charge in [0.1, 0.15) is 0 Å². The Morgan fingerprint density at radius 2 is 2.10 bits per heavy atom. The van der Waals surface area contributed by atoms with E-state index in [0.717, 1.165) is 17.1 Å². The van der Waals surface area contributed by atoms with Gasteiger partial charge in [-0.15, -0.1) is 11.3 Å². The van der Waals surface area contributed by atoms with Crippen LogP contribution in [0.1, 0.15) is 15.4 Å². The van der Waals surface area contributed by atoms with Crippen LogP contribution in [0.2, 0.25) is 0 Å². The summed E-state index contributed by atoms with van der Waals surface area (Å²) in [6.45, 7) is 0.593. The molecule has 0 unspecified atom stereocenters. The second-order valence-electron chi connectivity index (χ2n) is 4.45. The minimum absolute atomic E-state index is 0.0660. The van der Waals surface area contributed by atoms with E-state index < -0.39 is 0 Å². The summed E-state index contributed by atoms with van der Waals surface area (Å²) < 4.78 is 1.89. The second kappa shape index (κ2) is 6.32. The quantitative estimate of drug-likeness (QED) is 0.786. The predicted octanol–water partition coefficient (Wildman–Crippen LogP) is 2.30. The SMILES string of the molecule is O=C(NCCc1nccs1)c1ccc(-n2ccnc2)cc1. The maximum atomic E-state index is 12.0. The zero-order valence-electron chi connectivity index (χ0n) is 11.3. The van der Waals surface area contributed by atoms with Crippen LogP contribution in [-0.4, -0.2) is 27.0 Å². The Morgan fingerprint density at radius 1 is 1.24 bits per heavy atom. The highest BCUT2D eigenvalue weighted by atomic mass is 32.1. The summed E-state index contributed by atoms with van der Waals surface area (Å²) in [6, 6.07) is 7.43. The first-order valence-corrected chi connectivity index (χ1v) is 7.46. The number of nitrogens with one attached hydrogen (secondary N) is 1. The van der Waals surface area contributed by atoms with Gasteiger partial charge < -0.3 is 9.88 Å². The van der Waals surface area contributed by atoms with Crippen molar-refractivity contribution in [2.45, 2.75) is 6.42 Å². The zero-order chi connectivity index (χ0) is 14.5. The number of hydrogen-bond acceptors (Lipinski definition) is 4. The summed E-state index contributed by atoms with van der Waals surface area (Å²) in [5.74, 6) is -0.0660. The summed E-state index contributed by atoms with van der Waals surface area (Å²) in [5.41, 5.74) is 1.63. The van der Waals surface area contributed by atoms with Crippen LogP contribution in [0.3, 0.4) is 0 Å². The van der Waals surface area contributed by atoms with Gasteiger partial charge in [-0.25, -0.2) is 9.97 Å². The molecule has 3 aromatic rings. The number of hydrogen-bond donors (Lipinski definition) is 1. The van der Waals surface area contributed by atoms with Gasteiger partial charge in [0.25, 0.3) is 5.91 Å². The number of benzene rings is 1. The van der Waals surface area contributed by atoms with Crippen molar-refractivity contribution in [3.8, 4) is 5.69 Å². The van der Waals surface area contributed by atoms with Crippen LogP contribution in [0, 0.1) is 0 Å². The highest BCUT2D eigenvalue weighted by Crippen LogP contribution is 2.09. The predicted molar refractivity (Wildman–Crippen MR) is 81.7 cm³/mol. The van der Waals surface area contributed by atoms with Gasteiger partial charge in [0, 0.05) is 48.2 Å². The van der Waals surface area contributed by atoms with E-state index in [1.54, 1.807) is 30.1 Å². The van der Waals surface area contributed by atoms with Crippen molar-refractivity contribution in [3.63, 3.8) is 0 Å². The molecule has 0 aliphatic rings. The van der Waals surface area contributed by atoms with Gasteiger partial charge in [0.15, 0.2) is 0 Å². The third-order valence-corrected chi connectivity index (χ3v) is 3.88. The Morgan fingerprint density at radius 3 is 2.76 bits per heavy atom. The zero-order valence-corrected chi connectivity index (χ0v) is 12.1. The average Bonchev–Trinajstić information content (AvgIpc) is 3.21. The van der Waals surface area contributed by atoms with Gasteiger partial charge in [-0.1, -0.05) is 0 Å². The van der Waals surface area contributed by atoms with Crippen LogP contribution in [0.5, 0.6) is 0 Å². The molecule has 106 valence electrons. The summed E-state index contributed by atoms with van der Waals surface area (Å²) >= 11 is 1.60. The monoisotopic (exact) mass is 298 g/mol. The lowest BCUT2D eigenvalue weighted by atomic mass is 10.2. The molecule has 0 aliphatic heterocycles. The minimum Gasteiger partial charge on any atom is -0.352 e. The number of nitrogens with zero attached hydrogens (tertiary/aromatic N) is 3. The van der Waals surface area contributed by atoms with Gasteiger partial charge in [-0.2, -0.15) is 0 Å². The first-order valence-electron chi connectivity index (χ1n) is 6.58. The third kappa shape index (κ3) is 3.35. The molecule has 3 rings (SSSR count). The van der Waals surface area contributed by atoms with Crippen molar-refractivity contribution in [3.05, 3.63) is 65.1 Å². The van der Waals surface area contributed by atoms with E-state index in [9.17, 15) is 4.79 Å². The van der Waals surface area contributed by atoms with Gasteiger partial charge in [0.2, 0.25) is 0 Å². The number of thiazole rings is 1.